The van der Waals surface area contributed by atoms with Gasteiger partial charge in [-0.25, -0.2) is 8.78 Å². The molecule has 0 aliphatic heterocycles. The Labute approximate surface area is 225 Å². The Hall–Kier alpha value is -4.21. The summed E-state index contributed by atoms with van der Waals surface area (Å²) < 4.78 is 70.1. The molecule has 0 radical (unpaired) electrons. The summed E-state index contributed by atoms with van der Waals surface area (Å²) in [5.41, 5.74) is -0.534. The number of carbonyl (C=O) groups excluding carboxylic acids is 1. The van der Waals surface area contributed by atoms with E-state index < -0.39 is 40.8 Å². The standard InChI is InChI=1S/C30H23F5N2O3/c31-22-2-1-3-23(32)25(22)19-10-18-8-9-37(13-17-4-6-20(7-5-17)30(33,34)35)26(18)21(11-19)27(40)36-29-14-28(15-29,16-29)12-24(38)39/h1-11H,12-16H2,(H,36,40)(H,38,39). The number of hydrogen-bond donors (Lipinski definition) is 2. The fourth-order valence-electron chi connectivity index (χ4n) is 6.52. The van der Waals surface area contributed by atoms with Gasteiger partial charge in [0.25, 0.3) is 5.91 Å². The molecule has 3 saturated carbocycles. The largest absolute Gasteiger partial charge is 0.481 e. The highest BCUT2D eigenvalue weighted by Gasteiger charge is 2.68. The molecule has 1 amide bonds. The molecule has 3 fully saturated rings. The Kier molecular flexibility index (Phi) is 5.80. The molecule has 0 unspecified atom stereocenters. The van der Waals surface area contributed by atoms with E-state index in [1.807, 2.05) is 0 Å². The average Bonchev–Trinajstić information content (AvgIpc) is 3.23. The monoisotopic (exact) mass is 554 g/mol. The number of carbonyl (C=O) groups is 2. The maximum absolute atomic E-state index is 14.7. The summed E-state index contributed by atoms with van der Waals surface area (Å²) in [6.07, 6.45) is -1.15. The number of alkyl halides is 3. The van der Waals surface area contributed by atoms with Crippen LogP contribution in [-0.2, 0) is 17.5 Å². The lowest BCUT2D eigenvalue weighted by Crippen LogP contribution is -2.75. The predicted molar refractivity (Wildman–Crippen MR) is 137 cm³/mol. The van der Waals surface area contributed by atoms with Crippen LogP contribution in [0.1, 0.15) is 47.2 Å². The molecule has 1 heterocycles. The van der Waals surface area contributed by atoms with Crippen LogP contribution in [0.4, 0.5) is 22.0 Å². The minimum absolute atomic E-state index is 0.0346. The number of aromatic nitrogens is 1. The number of carboxylic acids is 1. The predicted octanol–water partition coefficient (Wildman–Crippen LogP) is 6.78. The van der Waals surface area contributed by atoms with Crippen molar-refractivity contribution in [3.63, 3.8) is 0 Å². The smallest absolute Gasteiger partial charge is 0.416 e. The molecule has 10 heteroatoms. The van der Waals surface area contributed by atoms with E-state index >= 15 is 0 Å². The zero-order valence-electron chi connectivity index (χ0n) is 21.0. The number of carboxylic acid groups (broad SMARTS) is 1. The Bertz CT molecular complexity index is 1630. The van der Waals surface area contributed by atoms with Crippen LogP contribution in [-0.4, -0.2) is 27.1 Å². The fraction of sp³-hybridized carbons (Fsp3) is 0.267. The summed E-state index contributed by atoms with van der Waals surface area (Å²) in [6.45, 7) is 0.155. The molecule has 0 atom stereocenters. The Morgan fingerprint density at radius 3 is 2.20 bits per heavy atom. The van der Waals surface area contributed by atoms with Crippen LogP contribution in [0.25, 0.3) is 22.0 Å². The lowest BCUT2D eigenvalue weighted by Gasteiger charge is -2.70. The van der Waals surface area contributed by atoms with E-state index in [2.05, 4.69) is 5.32 Å². The summed E-state index contributed by atoms with van der Waals surface area (Å²) in [5, 5.41) is 12.7. The van der Waals surface area contributed by atoms with Gasteiger partial charge in [0.15, 0.2) is 0 Å². The van der Waals surface area contributed by atoms with Crippen molar-refractivity contribution in [1.29, 1.82) is 0 Å². The van der Waals surface area contributed by atoms with E-state index in [9.17, 15) is 31.5 Å². The Morgan fingerprint density at radius 1 is 0.950 bits per heavy atom. The summed E-state index contributed by atoms with van der Waals surface area (Å²) in [4.78, 5) is 24.8. The van der Waals surface area contributed by atoms with Crippen molar-refractivity contribution in [2.75, 3.05) is 0 Å². The second kappa shape index (κ2) is 8.90. The molecule has 4 aromatic rings. The highest BCUT2D eigenvalue weighted by molar-refractivity contribution is 6.08. The second-order valence-corrected chi connectivity index (χ2v) is 11.0. The highest BCUT2D eigenvalue weighted by atomic mass is 19.4. The van der Waals surface area contributed by atoms with Gasteiger partial charge < -0.3 is 15.0 Å². The molecule has 2 N–H and O–H groups in total. The number of aliphatic carboxylic acids is 1. The molecule has 3 aliphatic rings. The maximum Gasteiger partial charge on any atom is 0.416 e. The van der Waals surface area contributed by atoms with Gasteiger partial charge in [0.1, 0.15) is 11.6 Å². The molecule has 206 valence electrons. The molecule has 2 bridgehead atoms. The number of nitrogens with zero attached hydrogens (tertiary/aromatic N) is 1. The van der Waals surface area contributed by atoms with Gasteiger partial charge in [-0.05, 0) is 78.3 Å². The number of halogens is 5. The van der Waals surface area contributed by atoms with Gasteiger partial charge in [-0.3, -0.25) is 9.59 Å². The molecular weight excluding hydrogens is 531 g/mol. The number of hydrogen-bond acceptors (Lipinski definition) is 2. The summed E-state index contributed by atoms with van der Waals surface area (Å²) >= 11 is 0. The van der Waals surface area contributed by atoms with E-state index in [-0.39, 0.29) is 35.1 Å². The molecular formula is C30H23F5N2O3. The lowest BCUT2D eigenvalue weighted by molar-refractivity contribution is -0.172. The third-order valence-corrected chi connectivity index (χ3v) is 8.04. The SMILES string of the molecule is O=C(O)CC12CC(NC(=O)c3cc(-c4c(F)cccc4F)cc4ccn(Cc5ccc(C(F)(F)F)cc5)c34)(C1)C2. The second-order valence-electron chi connectivity index (χ2n) is 11.0. The first-order valence-corrected chi connectivity index (χ1v) is 12.6. The molecule has 0 saturated heterocycles. The van der Waals surface area contributed by atoms with Crippen molar-refractivity contribution in [2.24, 2.45) is 5.41 Å². The van der Waals surface area contributed by atoms with Crippen molar-refractivity contribution in [3.8, 4) is 11.1 Å². The number of rotatable bonds is 7. The van der Waals surface area contributed by atoms with Crippen LogP contribution in [0.3, 0.4) is 0 Å². The van der Waals surface area contributed by atoms with Crippen molar-refractivity contribution >= 4 is 22.8 Å². The molecule has 3 aromatic carbocycles. The molecule has 7 rings (SSSR count). The zero-order valence-corrected chi connectivity index (χ0v) is 21.0. The highest BCUT2D eigenvalue weighted by Crippen LogP contribution is 2.69. The lowest BCUT2D eigenvalue weighted by atomic mass is 9.38. The number of fused-ring (bicyclic) bond motifs is 1. The van der Waals surface area contributed by atoms with Crippen molar-refractivity contribution in [1.82, 2.24) is 9.88 Å². The van der Waals surface area contributed by atoms with Gasteiger partial charge in [-0.2, -0.15) is 13.2 Å². The average molecular weight is 555 g/mol. The normalized spacial score (nSPS) is 21.5. The van der Waals surface area contributed by atoms with Gasteiger partial charge in [0, 0.05) is 23.7 Å². The van der Waals surface area contributed by atoms with Crippen molar-refractivity contribution < 1.29 is 36.6 Å². The first-order chi connectivity index (χ1) is 18.9. The Morgan fingerprint density at radius 2 is 1.60 bits per heavy atom. The first kappa shape index (κ1) is 26.0. The van der Waals surface area contributed by atoms with Gasteiger partial charge in [-0.15, -0.1) is 0 Å². The van der Waals surface area contributed by atoms with Gasteiger partial charge in [-0.1, -0.05) is 18.2 Å². The van der Waals surface area contributed by atoms with Gasteiger partial charge >= 0.3 is 12.1 Å². The Balaban J connectivity index is 1.38. The van der Waals surface area contributed by atoms with Crippen LogP contribution in [0, 0.1) is 17.0 Å². The third kappa shape index (κ3) is 4.41. The van der Waals surface area contributed by atoms with Crippen molar-refractivity contribution in [2.45, 2.75) is 43.9 Å². The van der Waals surface area contributed by atoms with Crippen LogP contribution in [0.5, 0.6) is 0 Å². The number of amides is 1. The van der Waals surface area contributed by atoms with E-state index in [0.717, 1.165) is 24.3 Å². The van der Waals surface area contributed by atoms with Crippen LogP contribution >= 0.6 is 0 Å². The molecule has 3 aliphatic carbocycles. The molecule has 5 nitrogen and oxygen atoms in total. The fourth-order valence-corrected chi connectivity index (χ4v) is 6.52. The molecule has 40 heavy (non-hydrogen) atoms. The minimum Gasteiger partial charge on any atom is -0.481 e. The topological polar surface area (TPSA) is 71.3 Å². The minimum atomic E-state index is -4.47. The quantitative estimate of drug-likeness (QED) is 0.248. The van der Waals surface area contributed by atoms with E-state index in [1.54, 1.807) is 22.9 Å². The van der Waals surface area contributed by atoms with Crippen LogP contribution in [0.2, 0.25) is 0 Å². The zero-order chi connectivity index (χ0) is 28.4. The van der Waals surface area contributed by atoms with Crippen LogP contribution < -0.4 is 5.32 Å². The van der Waals surface area contributed by atoms with Gasteiger partial charge in [0.2, 0.25) is 0 Å². The third-order valence-electron chi connectivity index (χ3n) is 8.04. The van der Waals surface area contributed by atoms with E-state index in [0.29, 0.717) is 35.7 Å². The van der Waals surface area contributed by atoms with Crippen molar-refractivity contribution in [3.05, 3.63) is 95.2 Å². The van der Waals surface area contributed by atoms with E-state index in [4.69, 9.17) is 5.11 Å². The van der Waals surface area contributed by atoms with Gasteiger partial charge in [0.05, 0.1) is 28.6 Å². The first-order valence-electron chi connectivity index (χ1n) is 12.6. The molecule has 0 spiro atoms. The number of benzene rings is 3. The summed E-state index contributed by atoms with van der Waals surface area (Å²) in [5.74, 6) is -2.93. The molecule has 1 aromatic heterocycles. The van der Waals surface area contributed by atoms with Crippen LogP contribution in [0.15, 0.2) is 66.9 Å². The number of nitrogens with one attached hydrogen (secondary N) is 1. The summed E-state index contributed by atoms with van der Waals surface area (Å²) in [7, 11) is 0. The summed E-state index contributed by atoms with van der Waals surface area (Å²) in [6, 6.07) is 12.9. The maximum atomic E-state index is 14.7. The van der Waals surface area contributed by atoms with E-state index in [1.165, 1.54) is 24.3 Å².